The Labute approximate surface area is 118 Å². The van der Waals surface area contributed by atoms with E-state index in [1.54, 1.807) is 4.72 Å². The van der Waals surface area contributed by atoms with E-state index in [1.807, 2.05) is 0 Å². The number of sulfonamides is 1. The molecule has 0 aliphatic heterocycles. The van der Waals surface area contributed by atoms with Crippen molar-refractivity contribution in [1.29, 1.82) is 0 Å². The van der Waals surface area contributed by atoms with Crippen molar-refractivity contribution in [2.45, 2.75) is 17.4 Å². The lowest BCUT2D eigenvalue weighted by Crippen LogP contribution is -2.41. The van der Waals surface area contributed by atoms with Gasteiger partial charge >= 0.3 is 11.7 Å². The molecule has 9 nitrogen and oxygen atoms in total. The molecule has 0 saturated heterocycles. The van der Waals surface area contributed by atoms with E-state index < -0.39 is 56.4 Å². The zero-order valence-corrected chi connectivity index (χ0v) is 11.2. The number of hydrogen-bond acceptors (Lipinski definition) is 6. The van der Waals surface area contributed by atoms with E-state index in [4.69, 9.17) is 10.2 Å². The lowest BCUT2D eigenvalue weighted by atomic mass is 10.2. The van der Waals surface area contributed by atoms with Crippen LogP contribution in [0.2, 0.25) is 0 Å². The summed E-state index contributed by atoms with van der Waals surface area (Å²) in [6, 6.07) is 0.738. The zero-order chi connectivity index (χ0) is 16.2. The molecule has 0 heterocycles. The summed E-state index contributed by atoms with van der Waals surface area (Å²) in [6.45, 7) is -0.620. The Morgan fingerprint density at radius 2 is 2.10 bits per heavy atom. The Bertz CT molecular complexity index is 661. The number of nitro groups is 1. The van der Waals surface area contributed by atoms with E-state index in [1.165, 1.54) is 0 Å². The topological polar surface area (TPSA) is 147 Å². The first kappa shape index (κ1) is 16.9. The van der Waals surface area contributed by atoms with Gasteiger partial charge in [-0.15, -0.1) is 0 Å². The van der Waals surface area contributed by atoms with Crippen molar-refractivity contribution >= 4 is 21.7 Å². The quantitative estimate of drug-likeness (QED) is 0.467. The molecule has 0 bridgehead atoms. The molecule has 3 N–H and O–H groups in total. The van der Waals surface area contributed by atoms with E-state index in [-0.39, 0.29) is 0 Å². The molecule has 11 heteroatoms. The second kappa shape index (κ2) is 6.56. The van der Waals surface area contributed by atoms with Crippen LogP contribution in [0.15, 0.2) is 23.1 Å². The Balaban J connectivity index is 3.29. The van der Waals surface area contributed by atoms with Gasteiger partial charge in [0.05, 0.1) is 4.92 Å². The Morgan fingerprint density at radius 3 is 2.57 bits per heavy atom. The molecule has 0 fully saturated rings. The molecule has 0 aliphatic rings. The highest BCUT2D eigenvalue weighted by molar-refractivity contribution is 7.89. The number of para-hydroxylation sites is 1. The van der Waals surface area contributed by atoms with E-state index in [9.17, 15) is 27.7 Å². The summed E-state index contributed by atoms with van der Waals surface area (Å²) in [5, 5.41) is 28.2. The second-order valence-electron chi connectivity index (χ2n) is 3.87. The maximum absolute atomic E-state index is 13.4. The SMILES string of the molecule is O=C(O)[C@@H](CCO)NS(=O)(=O)c1cccc(F)c1[N+](=O)[O-]. The van der Waals surface area contributed by atoms with Gasteiger partial charge in [-0.2, -0.15) is 9.11 Å². The van der Waals surface area contributed by atoms with Crippen molar-refractivity contribution in [3.05, 3.63) is 34.1 Å². The Hall–Kier alpha value is -2.11. The summed E-state index contributed by atoms with van der Waals surface area (Å²) < 4.78 is 39.0. The minimum atomic E-state index is -4.65. The molecule has 1 rings (SSSR count). The fraction of sp³-hybridized carbons (Fsp3) is 0.300. The first-order valence-electron chi connectivity index (χ1n) is 5.49. The summed E-state index contributed by atoms with van der Waals surface area (Å²) in [7, 11) is -4.65. The lowest BCUT2D eigenvalue weighted by molar-refractivity contribution is -0.390. The molecule has 0 aromatic heterocycles. The molecular formula is C10H11FN2O7S. The maximum atomic E-state index is 13.4. The summed E-state index contributed by atoms with van der Waals surface area (Å²) in [5.41, 5.74) is -1.28. The fourth-order valence-electron chi connectivity index (χ4n) is 1.50. The van der Waals surface area contributed by atoms with Crippen molar-refractivity contribution in [3.8, 4) is 0 Å². The number of carboxylic acids is 1. The van der Waals surface area contributed by atoms with Gasteiger partial charge in [0.15, 0.2) is 4.90 Å². The number of nitro benzene ring substituents is 1. The van der Waals surface area contributed by atoms with E-state index in [2.05, 4.69) is 0 Å². The summed E-state index contributed by atoms with van der Waals surface area (Å²) >= 11 is 0. The Morgan fingerprint density at radius 1 is 1.48 bits per heavy atom. The highest BCUT2D eigenvalue weighted by Gasteiger charge is 2.32. The molecule has 1 atom stereocenters. The van der Waals surface area contributed by atoms with Gasteiger partial charge in [0, 0.05) is 6.61 Å². The van der Waals surface area contributed by atoms with E-state index >= 15 is 0 Å². The van der Waals surface area contributed by atoms with Crippen LogP contribution in [0.3, 0.4) is 0 Å². The van der Waals surface area contributed by atoms with Gasteiger partial charge in [-0.1, -0.05) is 6.07 Å². The number of aliphatic hydroxyl groups excluding tert-OH is 1. The average molecular weight is 322 g/mol. The zero-order valence-electron chi connectivity index (χ0n) is 10.4. The Kier molecular flexibility index (Phi) is 5.29. The third-order valence-corrected chi connectivity index (χ3v) is 3.94. The van der Waals surface area contributed by atoms with E-state index in [0.29, 0.717) is 6.07 Å². The maximum Gasteiger partial charge on any atom is 0.324 e. The van der Waals surface area contributed by atoms with Crippen molar-refractivity contribution in [3.63, 3.8) is 0 Å². The molecule has 0 unspecified atom stereocenters. The minimum absolute atomic E-state index is 0.447. The number of nitrogens with one attached hydrogen (secondary N) is 1. The van der Waals surface area contributed by atoms with Crippen LogP contribution in [0.25, 0.3) is 0 Å². The van der Waals surface area contributed by atoms with Crippen LogP contribution in [0.4, 0.5) is 10.1 Å². The largest absolute Gasteiger partial charge is 0.480 e. The van der Waals surface area contributed by atoms with Crippen LogP contribution in [0, 0.1) is 15.9 Å². The average Bonchev–Trinajstić information content (AvgIpc) is 2.37. The van der Waals surface area contributed by atoms with Gasteiger partial charge in [0.2, 0.25) is 15.8 Å². The van der Waals surface area contributed by atoms with Gasteiger partial charge in [-0.25, -0.2) is 8.42 Å². The number of carbonyl (C=O) groups is 1. The number of carboxylic acid groups (broad SMARTS) is 1. The number of aliphatic hydroxyl groups is 1. The number of hydrogen-bond donors (Lipinski definition) is 3. The normalized spacial score (nSPS) is 12.9. The second-order valence-corrected chi connectivity index (χ2v) is 5.55. The monoisotopic (exact) mass is 322 g/mol. The molecule has 116 valence electrons. The van der Waals surface area contributed by atoms with Crippen LogP contribution in [0.1, 0.15) is 6.42 Å². The first-order chi connectivity index (χ1) is 9.70. The molecule has 21 heavy (non-hydrogen) atoms. The molecule has 0 radical (unpaired) electrons. The summed E-state index contributed by atoms with van der Waals surface area (Å²) in [6.07, 6.45) is -0.447. The highest BCUT2D eigenvalue weighted by atomic mass is 32.2. The van der Waals surface area contributed by atoms with E-state index in [0.717, 1.165) is 12.1 Å². The number of aliphatic carboxylic acids is 1. The van der Waals surface area contributed by atoms with Crippen molar-refractivity contribution in [1.82, 2.24) is 4.72 Å². The van der Waals surface area contributed by atoms with Crippen LogP contribution < -0.4 is 4.72 Å². The molecule has 0 saturated carbocycles. The predicted octanol–water partition coefficient (Wildman–Crippen LogP) is -0.152. The van der Waals surface area contributed by atoms with Gasteiger partial charge in [-0.05, 0) is 18.6 Å². The van der Waals surface area contributed by atoms with Gasteiger partial charge in [-0.3, -0.25) is 14.9 Å². The van der Waals surface area contributed by atoms with Gasteiger partial charge < -0.3 is 10.2 Å². The molecule has 0 amide bonds. The number of halogens is 1. The fourth-order valence-corrected chi connectivity index (χ4v) is 2.91. The molecular weight excluding hydrogens is 311 g/mol. The van der Waals surface area contributed by atoms with Crippen molar-refractivity contribution in [2.24, 2.45) is 0 Å². The molecule has 0 spiro atoms. The molecule has 1 aromatic rings. The number of nitrogens with zero attached hydrogens (tertiary/aromatic N) is 1. The van der Waals surface area contributed by atoms with Crippen molar-refractivity contribution < 1.29 is 32.7 Å². The lowest BCUT2D eigenvalue weighted by Gasteiger charge is -2.13. The van der Waals surface area contributed by atoms with Crippen LogP contribution in [-0.4, -0.2) is 42.2 Å². The number of benzene rings is 1. The molecule has 1 aromatic carbocycles. The van der Waals surface area contributed by atoms with Crippen LogP contribution in [0.5, 0.6) is 0 Å². The molecule has 0 aliphatic carbocycles. The predicted molar refractivity (Wildman–Crippen MR) is 66.5 cm³/mol. The third kappa shape index (κ3) is 3.93. The summed E-state index contributed by atoms with van der Waals surface area (Å²) in [4.78, 5) is 19.4. The van der Waals surface area contributed by atoms with Crippen LogP contribution >= 0.6 is 0 Å². The summed E-state index contributed by atoms with van der Waals surface area (Å²) in [5.74, 6) is -2.94. The van der Waals surface area contributed by atoms with Crippen molar-refractivity contribution in [2.75, 3.05) is 6.61 Å². The van der Waals surface area contributed by atoms with Gasteiger partial charge in [0.25, 0.3) is 0 Å². The first-order valence-corrected chi connectivity index (χ1v) is 6.98. The standard InChI is InChI=1S/C10H11FN2O7S/c11-6-2-1-3-8(9(6)13(17)18)21(19,20)12-7(4-5-14)10(15)16/h1-3,7,12,14H,4-5H2,(H,15,16)/t7-/m1/s1. The third-order valence-electron chi connectivity index (χ3n) is 2.44. The van der Waals surface area contributed by atoms with Gasteiger partial charge in [0.1, 0.15) is 6.04 Å². The number of rotatable bonds is 7. The smallest absolute Gasteiger partial charge is 0.324 e. The minimum Gasteiger partial charge on any atom is -0.480 e. The highest BCUT2D eigenvalue weighted by Crippen LogP contribution is 2.26. The van der Waals surface area contributed by atoms with Crippen LogP contribution in [-0.2, 0) is 14.8 Å².